The first-order valence-electron chi connectivity index (χ1n) is 6.90. The fourth-order valence-corrected chi connectivity index (χ4v) is 1.92. The Morgan fingerprint density at radius 1 is 1.29 bits per heavy atom. The molecule has 2 N–H and O–H groups in total. The van der Waals surface area contributed by atoms with Crippen molar-refractivity contribution in [2.75, 3.05) is 26.0 Å². The molecule has 0 aliphatic rings. The summed E-state index contributed by atoms with van der Waals surface area (Å²) in [5.41, 5.74) is 1.15. The third-order valence-electron chi connectivity index (χ3n) is 3.40. The highest BCUT2D eigenvalue weighted by atomic mass is 32.2. The molecule has 1 aromatic rings. The van der Waals surface area contributed by atoms with Gasteiger partial charge in [-0.05, 0) is 32.9 Å². The molecule has 0 fully saturated rings. The molecule has 1 rings (SSSR count). The number of aliphatic hydroxyl groups is 1. The van der Waals surface area contributed by atoms with E-state index in [4.69, 9.17) is 4.74 Å². The molecule has 6 heteroatoms. The molecular formula is C15H25NO4S. The Bertz CT molecular complexity index is 537. The molecule has 0 saturated heterocycles. The van der Waals surface area contributed by atoms with Gasteiger partial charge in [0, 0.05) is 19.3 Å². The van der Waals surface area contributed by atoms with E-state index in [1.54, 1.807) is 13.8 Å². The van der Waals surface area contributed by atoms with Gasteiger partial charge in [0.2, 0.25) is 0 Å². The fourth-order valence-electron chi connectivity index (χ4n) is 1.56. The van der Waals surface area contributed by atoms with E-state index in [-0.39, 0.29) is 19.7 Å². The lowest BCUT2D eigenvalue weighted by molar-refractivity contribution is 0.106. The van der Waals surface area contributed by atoms with E-state index in [1.165, 1.54) is 6.26 Å². The van der Waals surface area contributed by atoms with Gasteiger partial charge in [-0.1, -0.05) is 17.7 Å². The summed E-state index contributed by atoms with van der Waals surface area (Å²) in [5.74, 6) is 0.705. The van der Waals surface area contributed by atoms with E-state index in [0.717, 1.165) is 5.56 Å². The number of aryl methyl sites for hydroxylation is 1. The molecule has 0 radical (unpaired) electrons. The summed E-state index contributed by atoms with van der Waals surface area (Å²) in [6, 6.07) is 7.58. The Labute approximate surface area is 127 Å². The maximum absolute atomic E-state index is 11.5. The molecule has 0 spiro atoms. The lowest BCUT2D eigenvalue weighted by Crippen LogP contribution is -2.44. The quantitative estimate of drug-likeness (QED) is 0.752. The van der Waals surface area contributed by atoms with E-state index in [9.17, 15) is 13.5 Å². The molecule has 0 saturated carbocycles. The minimum atomic E-state index is -3.14. The van der Waals surface area contributed by atoms with Crippen molar-refractivity contribution >= 4 is 9.84 Å². The zero-order chi connectivity index (χ0) is 16.1. The number of rotatable bonds is 8. The van der Waals surface area contributed by atoms with Crippen molar-refractivity contribution in [3.8, 4) is 5.75 Å². The Hall–Kier alpha value is -1.11. The highest BCUT2D eigenvalue weighted by Gasteiger charge is 2.29. The zero-order valence-corrected chi connectivity index (χ0v) is 13.9. The number of benzene rings is 1. The first kappa shape index (κ1) is 17.9. The first-order chi connectivity index (χ1) is 9.62. The van der Waals surface area contributed by atoms with Gasteiger partial charge in [0.15, 0.2) is 9.84 Å². The molecule has 0 amide bonds. The highest BCUT2D eigenvalue weighted by molar-refractivity contribution is 7.92. The largest absolute Gasteiger partial charge is 0.491 e. The molecular weight excluding hydrogens is 290 g/mol. The molecule has 1 unspecified atom stereocenters. The number of hydrogen-bond donors (Lipinski definition) is 2. The molecule has 1 atom stereocenters. The van der Waals surface area contributed by atoms with Crippen LogP contribution >= 0.6 is 0 Å². The van der Waals surface area contributed by atoms with Crippen LogP contribution in [0.5, 0.6) is 5.75 Å². The normalized spacial score (nSPS) is 14.0. The lowest BCUT2D eigenvalue weighted by Gasteiger charge is -2.23. The Morgan fingerprint density at radius 2 is 1.86 bits per heavy atom. The number of aliphatic hydroxyl groups excluding tert-OH is 1. The van der Waals surface area contributed by atoms with Gasteiger partial charge in [0.1, 0.15) is 18.5 Å². The van der Waals surface area contributed by atoms with Gasteiger partial charge in [-0.15, -0.1) is 0 Å². The topological polar surface area (TPSA) is 75.6 Å². The molecule has 0 bridgehead atoms. The van der Waals surface area contributed by atoms with Crippen LogP contribution in [0.25, 0.3) is 0 Å². The maximum Gasteiger partial charge on any atom is 0.153 e. The van der Waals surface area contributed by atoms with Crippen molar-refractivity contribution in [3.63, 3.8) is 0 Å². The van der Waals surface area contributed by atoms with Crippen molar-refractivity contribution < 1.29 is 18.3 Å². The van der Waals surface area contributed by atoms with Gasteiger partial charge in [-0.2, -0.15) is 0 Å². The lowest BCUT2D eigenvalue weighted by atomic mass is 10.2. The van der Waals surface area contributed by atoms with Gasteiger partial charge in [0.25, 0.3) is 0 Å². The number of nitrogens with one attached hydrogen (secondary N) is 1. The van der Waals surface area contributed by atoms with Crippen molar-refractivity contribution in [3.05, 3.63) is 29.8 Å². The summed E-state index contributed by atoms with van der Waals surface area (Å²) in [5, 5.41) is 12.8. The second-order valence-corrected chi connectivity index (χ2v) is 8.59. The predicted molar refractivity (Wildman–Crippen MR) is 84.5 cm³/mol. The van der Waals surface area contributed by atoms with Crippen molar-refractivity contribution in [2.24, 2.45) is 0 Å². The Kier molecular flexibility index (Phi) is 6.19. The molecule has 0 aliphatic heterocycles. The van der Waals surface area contributed by atoms with Crippen LogP contribution in [0.2, 0.25) is 0 Å². The van der Waals surface area contributed by atoms with Gasteiger partial charge in [0.05, 0.1) is 4.75 Å². The average molecular weight is 315 g/mol. The standard InChI is InChI=1S/C15H25NO4S/c1-12-5-7-14(8-6-12)20-10-13(17)9-16-11-15(2,3)21(4,18)19/h5-8,13,16-17H,9-11H2,1-4H3. The molecule has 0 heterocycles. The van der Waals surface area contributed by atoms with Crippen LogP contribution in [-0.2, 0) is 9.84 Å². The molecule has 0 aromatic heterocycles. The second kappa shape index (κ2) is 7.24. The van der Waals surface area contributed by atoms with Gasteiger partial charge in [-0.3, -0.25) is 0 Å². The van der Waals surface area contributed by atoms with Crippen LogP contribution in [0.15, 0.2) is 24.3 Å². The SMILES string of the molecule is Cc1ccc(OCC(O)CNCC(C)(C)S(C)(=O)=O)cc1. The van der Waals surface area contributed by atoms with Gasteiger partial charge in [-0.25, -0.2) is 8.42 Å². The van der Waals surface area contributed by atoms with Gasteiger partial charge >= 0.3 is 0 Å². The van der Waals surface area contributed by atoms with Gasteiger partial charge < -0.3 is 15.2 Å². The Morgan fingerprint density at radius 3 is 2.38 bits per heavy atom. The van der Waals surface area contributed by atoms with Crippen molar-refractivity contribution in [2.45, 2.75) is 31.6 Å². The molecule has 21 heavy (non-hydrogen) atoms. The number of ether oxygens (including phenoxy) is 1. The monoisotopic (exact) mass is 315 g/mol. The minimum Gasteiger partial charge on any atom is -0.491 e. The van der Waals surface area contributed by atoms with E-state index in [1.807, 2.05) is 31.2 Å². The average Bonchev–Trinajstić information content (AvgIpc) is 2.36. The van der Waals surface area contributed by atoms with Crippen LogP contribution in [0.3, 0.4) is 0 Å². The molecule has 5 nitrogen and oxygen atoms in total. The maximum atomic E-state index is 11.5. The number of hydrogen-bond acceptors (Lipinski definition) is 5. The summed E-state index contributed by atoms with van der Waals surface area (Å²) in [7, 11) is -3.14. The fraction of sp³-hybridized carbons (Fsp3) is 0.600. The smallest absolute Gasteiger partial charge is 0.153 e. The summed E-state index contributed by atoms with van der Waals surface area (Å²) in [6.07, 6.45) is 0.521. The van der Waals surface area contributed by atoms with E-state index in [0.29, 0.717) is 5.75 Å². The summed E-state index contributed by atoms with van der Waals surface area (Å²) in [4.78, 5) is 0. The highest BCUT2D eigenvalue weighted by Crippen LogP contribution is 2.13. The van der Waals surface area contributed by atoms with Crippen molar-refractivity contribution in [1.29, 1.82) is 0 Å². The predicted octanol–water partition coefficient (Wildman–Crippen LogP) is 1.15. The van der Waals surface area contributed by atoms with E-state index in [2.05, 4.69) is 5.32 Å². The second-order valence-electron chi connectivity index (χ2n) is 5.94. The summed E-state index contributed by atoms with van der Waals surface area (Å²) in [6.45, 7) is 6.04. The third-order valence-corrected chi connectivity index (χ3v) is 5.55. The minimum absolute atomic E-state index is 0.162. The summed E-state index contributed by atoms with van der Waals surface area (Å²) >= 11 is 0. The summed E-state index contributed by atoms with van der Waals surface area (Å²) < 4.78 is 27.7. The van der Waals surface area contributed by atoms with Crippen LogP contribution in [0.4, 0.5) is 0 Å². The molecule has 120 valence electrons. The van der Waals surface area contributed by atoms with E-state index < -0.39 is 20.7 Å². The Balaban J connectivity index is 2.32. The van der Waals surface area contributed by atoms with Crippen LogP contribution in [0.1, 0.15) is 19.4 Å². The van der Waals surface area contributed by atoms with E-state index >= 15 is 0 Å². The van der Waals surface area contributed by atoms with Crippen LogP contribution < -0.4 is 10.1 Å². The third kappa shape index (κ3) is 6.03. The molecule has 1 aromatic carbocycles. The van der Waals surface area contributed by atoms with Crippen LogP contribution in [-0.4, -0.2) is 50.3 Å². The number of sulfone groups is 1. The first-order valence-corrected chi connectivity index (χ1v) is 8.79. The van der Waals surface area contributed by atoms with Crippen molar-refractivity contribution in [1.82, 2.24) is 5.32 Å². The zero-order valence-electron chi connectivity index (χ0n) is 13.1. The van der Waals surface area contributed by atoms with Crippen LogP contribution in [0, 0.1) is 6.92 Å². The molecule has 0 aliphatic carbocycles.